The van der Waals surface area contributed by atoms with E-state index < -0.39 is 0 Å². The molecule has 0 saturated carbocycles. The second-order valence-electron chi connectivity index (χ2n) is 4.92. The van der Waals surface area contributed by atoms with Gasteiger partial charge in [-0.2, -0.15) is 11.3 Å². The summed E-state index contributed by atoms with van der Waals surface area (Å²) in [4.78, 5) is 0. The summed E-state index contributed by atoms with van der Waals surface area (Å²) >= 11 is 1.76. The van der Waals surface area contributed by atoms with Crippen LogP contribution < -0.4 is 10.1 Å². The molecule has 1 N–H and O–H groups in total. The highest BCUT2D eigenvalue weighted by Gasteiger charge is 2.05. The Labute approximate surface area is 119 Å². The van der Waals surface area contributed by atoms with E-state index in [0.29, 0.717) is 6.04 Å². The topological polar surface area (TPSA) is 21.3 Å². The van der Waals surface area contributed by atoms with E-state index in [1.807, 2.05) is 6.07 Å². The lowest BCUT2D eigenvalue weighted by molar-refractivity contribution is 0.411. The van der Waals surface area contributed by atoms with Crippen LogP contribution in [0.3, 0.4) is 0 Å². The second kappa shape index (κ2) is 6.73. The van der Waals surface area contributed by atoms with E-state index in [-0.39, 0.29) is 0 Å². The maximum atomic E-state index is 5.28. The highest BCUT2D eigenvalue weighted by Crippen LogP contribution is 2.18. The predicted octanol–water partition coefficient (Wildman–Crippen LogP) is 3.79. The van der Waals surface area contributed by atoms with Crippen LogP contribution in [0.5, 0.6) is 5.75 Å². The van der Waals surface area contributed by atoms with Gasteiger partial charge in [0.2, 0.25) is 0 Å². The Kier molecular flexibility index (Phi) is 5.00. The normalized spacial score (nSPS) is 12.4. The average Bonchev–Trinajstić information content (AvgIpc) is 2.89. The fourth-order valence-electron chi connectivity index (χ4n) is 2.18. The number of rotatable bonds is 6. The van der Waals surface area contributed by atoms with Crippen molar-refractivity contribution in [2.24, 2.45) is 0 Å². The summed E-state index contributed by atoms with van der Waals surface area (Å²) in [5.41, 5.74) is 3.90. The molecule has 1 unspecified atom stereocenters. The Bertz CT molecular complexity index is 507. The molecule has 1 atom stereocenters. The first kappa shape index (κ1) is 14.1. The lowest BCUT2D eigenvalue weighted by atomic mass is 10.1. The van der Waals surface area contributed by atoms with E-state index in [0.717, 1.165) is 18.7 Å². The van der Waals surface area contributed by atoms with E-state index in [9.17, 15) is 0 Å². The van der Waals surface area contributed by atoms with Gasteiger partial charge in [-0.25, -0.2) is 0 Å². The molecular weight excluding hydrogens is 254 g/mol. The Hall–Kier alpha value is -1.32. The zero-order chi connectivity index (χ0) is 13.7. The number of methoxy groups -OCH3 is 1. The van der Waals surface area contributed by atoms with Crippen LogP contribution in [0.25, 0.3) is 0 Å². The first-order valence-electron chi connectivity index (χ1n) is 6.57. The maximum Gasteiger partial charge on any atom is 0.121 e. The molecule has 102 valence electrons. The van der Waals surface area contributed by atoms with Crippen LogP contribution in [0.4, 0.5) is 0 Å². The number of benzene rings is 1. The lowest BCUT2D eigenvalue weighted by Crippen LogP contribution is -2.27. The van der Waals surface area contributed by atoms with Gasteiger partial charge in [0.25, 0.3) is 0 Å². The fourth-order valence-corrected chi connectivity index (χ4v) is 2.86. The molecular formula is C16H21NOS. The van der Waals surface area contributed by atoms with E-state index in [1.165, 1.54) is 16.7 Å². The molecule has 2 aromatic rings. The Morgan fingerprint density at radius 2 is 2.11 bits per heavy atom. The number of aryl methyl sites for hydroxylation is 1. The first-order chi connectivity index (χ1) is 9.19. The second-order valence-corrected chi connectivity index (χ2v) is 5.70. The zero-order valence-corrected chi connectivity index (χ0v) is 12.6. The van der Waals surface area contributed by atoms with Crippen molar-refractivity contribution < 1.29 is 4.74 Å². The van der Waals surface area contributed by atoms with E-state index in [1.54, 1.807) is 18.4 Å². The number of ether oxygens (including phenoxy) is 1. The van der Waals surface area contributed by atoms with Crippen molar-refractivity contribution in [3.63, 3.8) is 0 Å². The van der Waals surface area contributed by atoms with E-state index in [4.69, 9.17) is 4.74 Å². The summed E-state index contributed by atoms with van der Waals surface area (Å²) in [6, 6.07) is 9.02. The van der Waals surface area contributed by atoms with Crippen molar-refractivity contribution in [3.8, 4) is 5.75 Å². The molecule has 19 heavy (non-hydrogen) atoms. The minimum atomic E-state index is 0.483. The molecule has 2 nitrogen and oxygen atoms in total. The highest BCUT2D eigenvalue weighted by molar-refractivity contribution is 7.07. The van der Waals surface area contributed by atoms with E-state index >= 15 is 0 Å². The molecule has 0 bridgehead atoms. The summed E-state index contributed by atoms with van der Waals surface area (Å²) in [7, 11) is 1.71. The van der Waals surface area contributed by atoms with Crippen LogP contribution in [-0.4, -0.2) is 13.2 Å². The molecule has 0 aliphatic heterocycles. The molecule has 0 saturated heterocycles. The average molecular weight is 275 g/mol. The molecule has 0 spiro atoms. The van der Waals surface area contributed by atoms with Crippen LogP contribution in [0.15, 0.2) is 35.0 Å². The first-order valence-corrected chi connectivity index (χ1v) is 7.51. The maximum absolute atomic E-state index is 5.28. The third kappa shape index (κ3) is 4.08. The number of hydrogen-bond acceptors (Lipinski definition) is 3. The number of thiophene rings is 1. The molecule has 1 aromatic carbocycles. The van der Waals surface area contributed by atoms with Gasteiger partial charge in [0.1, 0.15) is 5.75 Å². The summed E-state index contributed by atoms with van der Waals surface area (Å²) in [6.45, 7) is 5.21. The summed E-state index contributed by atoms with van der Waals surface area (Å²) in [5, 5.41) is 7.92. The van der Waals surface area contributed by atoms with E-state index in [2.05, 4.69) is 48.1 Å². The SMILES string of the molecule is COc1ccc(CNC(C)Cc2ccsc2)cc1C. The van der Waals surface area contributed by atoms with Gasteiger partial charge < -0.3 is 10.1 Å². The summed E-state index contributed by atoms with van der Waals surface area (Å²) in [6.07, 6.45) is 1.08. The smallest absolute Gasteiger partial charge is 0.121 e. The standard InChI is InChI=1S/C16H21NOS/c1-12-8-14(4-5-16(12)18-3)10-17-13(2)9-15-6-7-19-11-15/h4-8,11,13,17H,9-10H2,1-3H3. The van der Waals surface area contributed by atoms with Crippen LogP contribution >= 0.6 is 11.3 Å². The van der Waals surface area contributed by atoms with Crippen molar-refractivity contribution >= 4 is 11.3 Å². The number of nitrogens with one attached hydrogen (secondary N) is 1. The molecule has 3 heteroatoms. The van der Waals surface area contributed by atoms with Crippen LogP contribution in [0.1, 0.15) is 23.6 Å². The van der Waals surface area contributed by atoms with Gasteiger partial charge in [0.05, 0.1) is 7.11 Å². The quantitative estimate of drug-likeness (QED) is 0.866. The van der Waals surface area contributed by atoms with Crippen molar-refractivity contribution in [3.05, 3.63) is 51.7 Å². The minimum Gasteiger partial charge on any atom is -0.496 e. The summed E-state index contributed by atoms with van der Waals surface area (Å²) < 4.78 is 5.28. The van der Waals surface area contributed by atoms with Crippen molar-refractivity contribution in [1.29, 1.82) is 0 Å². The monoisotopic (exact) mass is 275 g/mol. The van der Waals surface area contributed by atoms with Crippen LogP contribution in [0, 0.1) is 6.92 Å². The van der Waals surface area contributed by atoms with Crippen LogP contribution in [-0.2, 0) is 13.0 Å². The van der Waals surface area contributed by atoms with Crippen molar-refractivity contribution in [2.75, 3.05) is 7.11 Å². The Morgan fingerprint density at radius 3 is 2.74 bits per heavy atom. The summed E-state index contributed by atoms with van der Waals surface area (Å²) in [5.74, 6) is 0.954. The van der Waals surface area contributed by atoms with Gasteiger partial charge in [0.15, 0.2) is 0 Å². The van der Waals surface area contributed by atoms with Gasteiger partial charge in [-0.05, 0) is 59.9 Å². The molecule has 0 aliphatic rings. The molecule has 0 amide bonds. The third-order valence-electron chi connectivity index (χ3n) is 3.24. The Balaban J connectivity index is 1.86. The minimum absolute atomic E-state index is 0.483. The van der Waals surface area contributed by atoms with Gasteiger partial charge >= 0.3 is 0 Å². The highest BCUT2D eigenvalue weighted by atomic mass is 32.1. The van der Waals surface area contributed by atoms with Crippen LogP contribution in [0.2, 0.25) is 0 Å². The van der Waals surface area contributed by atoms with Crippen molar-refractivity contribution in [2.45, 2.75) is 32.9 Å². The predicted molar refractivity (Wildman–Crippen MR) is 82.1 cm³/mol. The molecule has 0 radical (unpaired) electrons. The van der Waals surface area contributed by atoms with Gasteiger partial charge in [-0.1, -0.05) is 12.1 Å². The zero-order valence-electron chi connectivity index (χ0n) is 11.8. The van der Waals surface area contributed by atoms with Gasteiger partial charge in [-0.15, -0.1) is 0 Å². The van der Waals surface area contributed by atoms with Gasteiger partial charge in [0, 0.05) is 12.6 Å². The molecule has 0 fully saturated rings. The van der Waals surface area contributed by atoms with Gasteiger partial charge in [-0.3, -0.25) is 0 Å². The largest absolute Gasteiger partial charge is 0.496 e. The molecule has 0 aliphatic carbocycles. The Morgan fingerprint density at radius 1 is 1.26 bits per heavy atom. The number of hydrogen-bond donors (Lipinski definition) is 1. The fraction of sp³-hybridized carbons (Fsp3) is 0.375. The third-order valence-corrected chi connectivity index (χ3v) is 3.97. The lowest BCUT2D eigenvalue weighted by Gasteiger charge is -2.14. The molecule has 1 heterocycles. The molecule has 2 rings (SSSR count). The van der Waals surface area contributed by atoms with Crippen molar-refractivity contribution in [1.82, 2.24) is 5.32 Å². The molecule has 1 aromatic heterocycles.